The van der Waals surface area contributed by atoms with Gasteiger partial charge in [0.05, 0.1) is 11.2 Å². The summed E-state index contributed by atoms with van der Waals surface area (Å²) in [5, 5.41) is 15.1. The van der Waals surface area contributed by atoms with E-state index in [1.54, 1.807) is 18.2 Å². The molecule has 0 saturated heterocycles. The molecule has 0 unspecified atom stereocenters. The van der Waals surface area contributed by atoms with Crippen molar-refractivity contribution < 1.29 is 27.2 Å². The topological polar surface area (TPSA) is 114 Å². The van der Waals surface area contributed by atoms with Crippen molar-refractivity contribution in [3.05, 3.63) is 66.4 Å². The van der Waals surface area contributed by atoms with Crippen LogP contribution < -0.4 is 5.14 Å². The van der Waals surface area contributed by atoms with E-state index in [0.29, 0.717) is 33.1 Å². The largest absolute Gasteiger partial charge is 0.468 e. The number of rotatable bonds is 6. The highest BCUT2D eigenvalue weighted by atomic mass is 32.2. The fraction of sp³-hybridized carbons (Fsp3) is 0.150. The molecule has 0 radical (unpaired) electrons. The zero-order valence-electron chi connectivity index (χ0n) is 15.5. The van der Waals surface area contributed by atoms with Gasteiger partial charge >= 0.3 is 0 Å². The van der Waals surface area contributed by atoms with E-state index in [0.717, 1.165) is 0 Å². The van der Waals surface area contributed by atoms with Gasteiger partial charge in [-0.25, -0.2) is 23.0 Å². The lowest BCUT2D eigenvalue weighted by Gasteiger charge is -2.11. The molecule has 152 valence electrons. The first-order valence-electron chi connectivity index (χ1n) is 8.62. The van der Waals surface area contributed by atoms with Crippen molar-refractivity contribution in [2.75, 3.05) is 7.05 Å². The molecule has 0 aliphatic carbocycles. The van der Waals surface area contributed by atoms with Gasteiger partial charge in [0.25, 0.3) is 0 Å². The number of hydrogen-bond acceptors (Lipinski definition) is 5. The summed E-state index contributed by atoms with van der Waals surface area (Å²) in [6.07, 6.45) is 1.49. The quantitative estimate of drug-likeness (QED) is 0.471. The van der Waals surface area contributed by atoms with Crippen LogP contribution in [0.2, 0.25) is 0 Å². The Morgan fingerprint density at radius 3 is 2.41 bits per heavy atom. The predicted octanol–water partition coefficient (Wildman–Crippen LogP) is 3.18. The molecule has 29 heavy (non-hydrogen) atoms. The van der Waals surface area contributed by atoms with Crippen LogP contribution in [0.15, 0.2) is 64.1 Å². The van der Waals surface area contributed by atoms with E-state index in [-0.39, 0.29) is 17.7 Å². The standard InChI is InChI=1S/C20H19FN2O5S/c1-23(25)19(24)11-10-17-20(13-6-8-14(21)9-7-13)16(12-28-17)15-4-2-3-5-18(15)29(22,26)27/h2-9,12,25H,10-11H2,1H3,(H2,22,26,27). The lowest BCUT2D eigenvalue weighted by atomic mass is 9.95. The molecular weight excluding hydrogens is 399 g/mol. The van der Waals surface area contributed by atoms with E-state index < -0.39 is 21.7 Å². The minimum absolute atomic E-state index is 0.0367. The van der Waals surface area contributed by atoms with Crippen LogP contribution in [-0.4, -0.2) is 31.6 Å². The molecule has 0 aliphatic heterocycles. The Balaban J connectivity index is 2.16. The summed E-state index contributed by atoms with van der Waals surface area (Å²) in [5.41, 5.74) is 1.88. The van der Waals surface area contributed by atoms with Gasteiger partial charge in [-0.2, -0.15) is 0 Å². The summed E-state index contributed by atoms with van der Waals surface area (Å²) in [5.74, 6) is -0.550. The van der Waals surface area contributed by atoms with Crippen molar-refractivity contribution in [1.82, 2.24) is 5.06 Å². The molecule has 1 aromatic heterocycles. The number of sulfonamides is 1. The molecule has 0 spiro atoms. The van der Waals surface area contributed by atoms with Crippen molar-refractivity contribution in [3.63, 3.8) is 0 Å². The Bertz CT molecular complexity index is 1140. The van der Waals surface area contributed by atoms with Crippen LogP contribution in [0.4, 0.5) is 4.39 Å². The van der Waals surface area contributed by atoms with Gasteiger partial charge in [0, 0.05) is 36.6 Å². The molecule has 3 rings (SSSR count). The minimum Gasteiger partial charge on any atom is -0.468 e. The Labute approximate surface area is 167 Å². The molecule has 2 aromatic carbocycles. The van der Waals surface area contributed by atoms with E-state index in [4.69, 9.17) is 9.56 Å². The predicted molar refractivity (Wildman–Crippen MR) is 104 cm³/mol. The number of amides is 1. The van der Waals surface area contributed by atoms with Crippen LogP contribution in [0.5, 0.6) is 0 Å². The summed E-state index contributed by atoms with van der Waals surface area (Å²) in [4.78, 5) is 11.7. The van der Waals surface area contributed by atoms with Gasteiger partial charge in [-0.05, 0) is 23.8 Å². The monoisotopic (exact) mass is 418 g/mol. The van der Waals surface area contributed by atoms with Crippen molar-refractivity contribution in [1.29, 1.82) is 0 Å². The Morgan fingerprint density at radius 2 is 1.79 bits per heavy atom. The van der Waals surface area contributed by atoms with E-state index in [1.165, 1.54) is 43.6 Å². The molecule has 7 nitrogen and oxygen atoms in total. The Morgan fingerprint density at radius 1 is 1.14 bits per heavy atom. The molecule has 0 atom stereocenters. The van der Waals surface area contributed by atoms with Gasteiger partial charge in [0.1, 0.15) is 11.6 Å². The first kappa shape index (κ1) is 20.7. The van der Waals surface area contributed by atoms with Gasteiger partial charge in [-0.15, -0.1) is 0 Å². The zero-order chi connectivity index (χ0) is 21.2. The number of carbonyl (C=O) groups is 1. The first-order chi connectivity index (χ1) is 13.7. The van der Waals surface area contributed by atoms with E-state index in [2.05, 4.69) is 0 Å². The smallest absolute Gasteiger partial charge is 0.246 e. The lowest BCUT2D eigenvalue weighted by molar-refractivity contribution is -0.159. The number of carbonyl (C=O) groups excluding carboxylic acids is 1. The van der Waals surface area contributed by atoms with E-state index in [9.17, 15) is 22.8 Å². The number of halogens is 1. The fourth-order valence-corrected chi connectivity index (χ4v) is 3.79. The third-order valence-electron chi connectivity index (χ3n) is 4.41. The highest BCUT2D eigenvalue weighted by Gasteiger charge is 2.23. The molecule has 3 aromatic rings. The van der Waals surface area contributed by atoms with Gasteiger partial charge in [0.2, 0.25) is 15.9 Å². The van der Waals surface area contributed by atoms with Gasteiger partial charge < -0.3 is 4.42 Å². The average molecular weight is 418 g/mol. The van der Waals surface area contributed by atoms with Crippen molar-refractivity contribution in [2.24, 2.45) is 5.14 Å². The first-order valence-corrected chi connectivity index (χ1v) is 10.2. The molecule has 3 N–H and O–H groups in total. The Kier molecular flexibility index (Phi) is 5.83. The second kappa shape index (κ2) is 8.16. The number of nitrogens with two attached hydrogens (primary N) is 1. The van der Waals surface area contributed by atoms with Gasteiger partial charge in [0.15, 0.2) is 0 Å². The number of aryl methyl sites for hydroxylation is 1. The highest BCUT2D eigenvalue weighted by molar-refractivity contribution is 7.89. The maximum atomic E-state index is 13.4. The number of hydroxylamine groups is 2. The van der Waals surface area contributed by atoms with Crippen LogP contribution in [0, 0.1) is 5.82 Å². The second-order valence-electron chi connectivity index (χ2n) is 6.41. The molecule has 0 saturated carbocycles. The summed E-state index contributed by atoms with van der Waals surface area (Å²) >= 11 is 0. The molecule has 9 heteroatoms. The number of benzene rings is 2. The average Bonchev–Trinajstić information content (AvgIpc) is 3.09. The maximum Gasteiger partial charge on any atom is 0.246 e. The molecule has 0 bridgehead atoms. The van der Waals surface area contributed by atoms with Crippen molar-refractivity contribution in [2.45, 2.75) is 17.7 Å². The molecular formula is C20H19FN2O5S. The number of primary sulfonamides is 1. The van der Waals surface area contributed by atoms with Crippen LogP contribution in [0.25, 0.3) is 22.3 Å². The van der Waals surface area contributed by atoms with Crippen LogP contribution in [0.1, 0.15) is 12.2 Å². The summed E-state index contributed by atoms with van der Waals surface area (Å²) < 4.78 is 43.1. The summed E-state index contributed by atoms with van der Waals surface area (Å²) in [6, 6.07) is 11.8. The fourth-order valence-electron chi connectivity index (χ4n) is 3.03. The number of hydrogen-bond donors (Lipinski definition) is 2. The van der Waals surface area contributed by atoms with Crippen molar-refractivity contribution in [3.8, 4) is 22.3 Å². The highest BCUT2D eigenvalue weighted by Crippen LogP contribution is 2.39. The third-order valence-corrected chi connectivity index (χ3v) is 5.38. The Hall–Kier alpha value is -3.01. The lowest BCUT2D eigenvalue weighted by Crippen LogP contribution is -2.22. The van der Waals surface area contributed by atoms with Crippen molar-refractivity contribution >= 4 is 15.9 Å². The van der Waals surface area contributed by atoms with Gasteiger partial charge in [-0.1, -0.05) is 30.3 Å². The normalized spacial score (nSPS) is 11.4. The van der Waals surface area contributed by atoms with Crippen LogP contribution in [-0.2, 0) is 21.2 Å². The number of nitrogens with zero attached hydrogens (tertiary/aromatic N) is 1. The zero-order valence-corrected chi connectivity index (χ0v) is 16.3. The molecule has 0 fully saturated rings. The molecule has 0 aliphatic rings. The third kappa shape index (κ3) is 4.53. The maximum absolute atomic E-state index is 13.4. The second-order valence-corrected chi connectivity index (χ2v) is 7.94. The molecule has 1 heterocycles. The molecule has 1 amide bonds. The van der Waals surface area contributed by atoms with Crippen LogP contribution in [0.3, 0.4) is 0 Å². The van der Waals surface area contributed by atoms with E-state index in [1.807, 2.05) is 0 Å². The van der Waals surface area contributed by atoms with Gasteiger partial charge in [-0.3, -0.25) is 10.0 Å². The minimum atomic E-state index is -4.01. The SMILES string of the molecule is CN(O)C(=O)CCc1occ(-c2ccccc2S(N)(=O)=O)c1-c1ccc(F)cc1. The summed E-state index contributed by atoms with van der Waals surface area (Å²) in [7, 11) is -2.79. The summed E-state index contributed by atoms with van der Waals surface area (Å²) in [6.45, 7) is 0. The number of furan rings is 1. The van der Waals surface area contributed by atoms with Crippen LogP contribution >= 0.6 is 0 Å². The van der Waals surface area contributed by atoms with E-state index >= 15 is 0 Å².